The summed E-state index contributed by atoms with van der Waals surface area (Å²) >= 11 is 0. The average Bonchev–Trinajstić information content (AvgIpc) is 3.44. The van der Waals surface area contributed by atoms with Crippen molar-refractivity contribution in [2.75, 3.05) is 13.2 Å². The van der Waals surface area contributed by atoms with Crippen molar-refractivity contribution < 1.29 is 18.7 Å². The van der Waals surface area contributed by atoms with E-state index in [9.17, 15) is 14.0 Å². The van der Waals surface area contributed by atoms with E-state index in [2.05, 4.69) is 10.6 Å². The molecule has 0 bridgehead atoms. The maximum absolute atomic E-state index is 13.3. The molecule has 2 atom stereocenters. The molecule has 2 heterocycles. The Hall–Kier alpha value is -2.93. The maximum Gasteiger partial charge on any atom is 0.315 e. The van der Waals surface area contributed by atoms with Gasteiger partial charge in [0, 0.05) is 32.7 Å². The number of halogens is 1. The van der Waals surface area contributed by atoms with Gasteiger partial charge >= 0.3 is 6.03 Å². The van der Waals surface area contributed by atoms with Crippen LogP contribution in [-0.2, 0) is 22.6 Å². The Labute approximate surface area is 181 Å². The fourth-order valence-electron chi connectivity index (χ4n) is 4.23. The van der Waals surface area contributed by atoms with Crippen LogP contribution in [-0.4, -0.2) is 36.1 Å². The highest BCUT2D eigenvalue weighted by molar-refractivity contribution is 5.78. The smallest absolute Gasteiger partial charge is 0.315 e. The van der Waals surface area contributed by atoms with Gasteiger partial charge < -0.3 is 20.3 Å². The van der Waals surface area contributed by atoms with E-state index < -0.39 is 0 Å². The van der Waals surface area contributed by atoms with Crippen LogP contribution in [0.15, 0.2) is 48.5 Å². The van der Waals surface area contributed by atoms with Gasteiger partial charge in [0.1, 0.15) is 5.82 Å². The second-order valence-corrected chi connectivity index (χ2v) is 8.15. The molecule has 2 aliphatic heterocycles. The molecule has 2 saturated heterocycles. The topological polar surface area (TPSA) is 70.7 Å². The zero-order chi connectivity index (χ0) is 21.6. The van der Waals surface area contributed by atoms with Gasteiger partial charge in [0.2, 0.25) is 5.91 Å². The van der Waals surface area contributed by atoms with Crippen LogP contribution in [0.25, 0.3) is 0 Å². The van der Waals surface area contributed by atoms with E-state index in [0.717, 1.165) is 42.5 Å². The zero-order valence-electron chi connectivity index (χ0n) is 17.5. The number of hydrogen-bond acceptors (Lipinski definition) is 3. The summed E-state index contributed by atoms with van der Waals surface area (Å²) in [5.74, 6) is -0.112. The summed E-state index contributed by atoms with van der Waals surface area (Å²) in [5, 5.41) is 5.90. The van der Waals surface area contributed by atoms with Gasteiger partial charge in [-0.25, -0.2) is 9.18 Å². The summed E-state index contributed by atoms with van der Waals surface area (Å²) in [5.41, 5.74) is 2.84. The molecule has 2 aliphatic rings. The van der Waals surface area contributed by atoms with Crippen molar-refractivity contribution in [3.05, 3.63) is 71.0 Å². The molecule has 2 fully saturated rings. The van der Waals surface area contributed by atoms with Crippen LogP contribution in [0, 0.1) is 5.82 Å². The predicted molar refractivity (Wildman–Crippen MR) is 115 cm³/mol. The van der Waals surface area contributed by atoms with Crippen LogP contribution in [0.1, 0.15) is 48.4 Å². The van der Waals surface area contributed by atoms with Crippen molar-refractivity contribution >= 4 is 11.9 Å². The monoisotopic (exact) mass is 425 g/mol. The molecule has 2 unspecified atom stereocenters. The Morgan fingerprint density at radius 2 is 1.97 bits per heavy atom. The fourth-order valence-corrected chi connectivity index (χ4v) is 4.23. The number of amides is 3. The van der Waals surface area contributed by atoms with Gasteiger partial charge in [0.15, 0.2) is 0 Å². The lowest BCUT2D eigenvalue weighted by atomic mass is 9.99. The van der Waals surface area contributed by atoms with Crippen LogP contribution < -0.4 is 10.6 Å². The van der Waals surface area contributed by atoms with Crippen molar-refractivity contribution in [2.45, 2.75) is 50.9 Å². The minimum Gasteiger partial charge on any atom is -0.376 e. The van der Waals surface area contributed by atoms with Crippen molar-refractivity contribution in [3.63, 3.8) is 0 Å². The number of likely N-dealkylation sites (tertiary alicyclic amines) is 1. The molecule has 0 radical (unpaired) electrons. The minimum absolute atomic E-state index is 0.127. The molecular formula is C24H28FN3O3. The third-order valence-corrected chi connectivity index (χ3v) is 5.84. The van der Waals surface area contributed by atoms with Crippen LogP contribution in [0.3, 0.4) is 0 Å². The minimum atomic E-state index is -0.337. The molecule has 4 rings (SSSR count). The van der Waals surface area contributed by atoms with Gasteiger partial charge in [0.25, 0.3) is 0 Å². The molecule has 0 aromatic heterocycles. The Kier molecular flexibility index (Phi) is 6.82. The third-order valence-electron chi connectivity index (χ3n) is 5.84. The molecule has 2 aromatic carbocycles. The third kappa shape index (κ3) is 5.61. The van der Waals surface area contributed by atoms with E-state index in [1.54, 1.807) is 12.1 Å². The SMILES string of the molecule is O=C(NCc1cccc(CN2CCCC2=O)c1)NC(c1ccc(F)cc1)C1CCCO1. The van der Waals surface area contributed by atoms with Crippen LogP contribution in [0.2, 0.25) is 0 Å². The second-order valence-electron chi connectivity index (χ2n) is 8.15. The molecule has 0 saturated carbocycles. The summed E-state index contributed by atoms with van der Waals surface area (Å²) in [6, 6.07) is 13.4. The van der Waals surface area contributed by atoms with Crippen LogP contribution in [0.5, 0.6) is 0 Å². The summed E-state index contributed by atoms with van der Waals surface area (Å²) in [7, 11) is 0. The van der Waals surface area contributed by atoms with Gasteiger partial charge in [-0.2, -0.15) is 0 Å². The van der Waals surface area contributed by atoms with Gasteiger partial charge in [-0.15, -0.1) is 0 Å². The second kappa shape index (κ2) is 9.92. The Balaban J connectivity index is 1.35. The lowest BCUT2D eigenvalue weighted by Gasteiger charge is -2.25. The van der Waals surface area contributed by atoms with Crippen molar-refractivity contribution in [1.82, 2.24) is 15.5 Å². The number of ether oxygens (including phenoxy) is 1. The first-order valence-electron chi connectivity index (χ1n) is 10.9. The molecule has 0 aliphatic carbocycles. The molecule has 31 heavy (non-hydrogen) atoms. The first kappa shape index (κ1) is 21.3. The van der Waals surface area contributed by atoms with E-state index in [-0.39, 0.29) is 29.9 Å². The summed E-state index contributed by atoms with van der Waals surface area (Å²) in [4.78, 5) is 26.4. The molecule has 164 valence electrons. The number of hydrogen-bond donors (Lipinski definition) is 2. The number of nitrogens with one attached hydrogen (secondary N) is 2. The highest BCUT2D eigenvalue weighted by Gasteiger charge is 2.28. The van der Waals surface area contributed by atoms with E-state index in [1.807, 2.05) is 29.2 Å². The highest BCUT2D eigenvalue weighted by atomic mass is 19.1. The molecule has 0 spiro atoms. The number of benzene rings is 2. The molecule has 7 heteroatoms. The van der Waals surface area contributed by atoms with E-state index >= 15 is 0 Å². The first-order chi connectivity index (χ1) is 15.1. The lowest BCUT2D eigenvalue weighted by molar-refractivity contribution is -0.128. The molecular weight excluding hydrogens is 397 g/mol. The van der Waals surface area contributed by atoms with E-state index in [0.29, 0.717) is 26.1 Å². The van der Waals surface area contributed by atoms with Crippen molar-refractivity contribution in [2.24, 2.45) is 0 Å². The quantitative estimate of drug-likeness (QED) is 0.711. The number of urea groups is 1. The Bertz CT molecular complexity index is 913. The fraction of sp³-hybridized carbons (Fsp3) is 0.417. The van der Waals surface area contributed by atoms with Gasteiger partial charge in [-0.3, -0.25) is 4.79 Å². The van der Waals surface area contributed by atoms with Gasteiger partial charge in [0.05, 0.1) is 12.1 Å². The zero-order valence-corrected chi connectivity index (χ0v) is 17.5. The van der Waals surface area contributed by atoms with Crippen molar-refractivity contribution in [3.8, 4) is 0 Å². The predicted octanol–water partition coefficient (Wildman–Crippen LogP) is 3.67. The first-order valence-corrected chi connectivity index (χ1v) is 10.9. The summed E-state index contributed by atoms with van der Waals surface area (Å²) < 4.78 is 19.1. The maximum atomic E-state index is 13.3. The molecule has 2 aromatic rings. The lowest BCUT2D eigenvalue weighted by Crippen LogP contribution is -2.42. The number of rotatable bonds is 7. The number of carbonyl (C=O) groups is 2. The Morgan fingerprint density at radius 1 is 1.16 bits per heavy atom. The average molecular weight is 426 g/mol. The Morgan fingerprint density at radius 3 is 2.68 bits per heavy atom. The van der Waals surface area contributed by atoms with Gasteiger partial charge in [-0.05, 0) is 48.1 Å². The van der Waals surface area contributed by atoms with Crippen LogP contribution in [0.4, 0.5) is 9.18 Å². The molecule has 6 nitrogen and oxygen atoms in total. The normalized spacial score (nSPS) is 19.5. The molecule has 2 N–H and O–H groups in total. The van der Waals surface area contributed by atoms with Crippen molar-refractivity contribution in [1.29, 1.82) is 0 Å². The van der Waals surface area contributed by atoms with E-state index in [4.69, 9.17) is 4.74 Å². The molecule has 3 amide bonds. The van der Waals surface area contributed by atoms with Gasteiger partial charge in [-0.1, -0.05) is 36.4 Å². The highest BCUT2D eigenvalue weighted by Crippen LogP contribution is 2.27. The summed E-state index contributed by atoms with van der Waals surface area (Å²) in [6.07, 6.45) is 3.21. The van der Waals surface area contributed by atoms with E-state index in [1.165, 1.54) is 12.1 Å². The standard InChI is InChI=1S/C24H28FN3O3/c25-20-10-8-19(9-11-20)23(21-6-3-13-31-21)27-24(30)26-15-17-4-1-5-18(14-17)16-28-12-2-7-22(28)29/h1,4-5,8-11,14,21,23H,2-3,6-7,12-13,15-16H2,(H2,26,27,30). The van der Waals surface area contributed by atoms with Crippen LogP contribution >= 0.6 is 0 Å². The largest absolute Gasteiger partial charge is 0.376 e. The number of carbonyl (C=O) groups excluding carboxylic acids is 2. The number of nitrogens with zero attached hydrogens (tertiary/aromatic N) is 1. The summed E-state index contributed by atoms with van der Waals surface area (Å²) in [6.45, 7) is 2.44.